The fourth-order valence-electron chi connectivity index (χ4n) is 5.02. The molecule has 4 aromatic heterocycles. The molecule has 0 bridgehead atoms. The molecule has 0 aliphatic carbocycles. The lowest BCUT2D eigenvalue weighted by atomic mass is 9.99. The fraction of sp³-hybridized carbons (Fsp3) is 0.138. The Morgan fingerprint density at radius 3 is 2.64 bits per heavy atom. The number of nitrogens with zero attached hydrogens (tertiary/aromatic N) is 6. The topological polar surface area (TPSA) is 125 Å². The summed E-state index contributed by atoms with van der Waals surface area (Å²) < 4.78 is 42.5. The molecule has 1 unspecified atom stereocenters. The number of amides is 1. The summed E-state index contributed by atoms with van der Waals surface area (Å²) in [5.41, 5.74) is 7.84. The Hall–Kier alpha value is -5.46. The number of para-hydroxylation sites is 1. The van der Waals surface area contributed by atoms with Gasteiger partial charge in [0.05, 0.1) is 17.6 Å². The zero-order valence-corrected chi connectivity index (χ0v) is 22.1. The number of fused-ring (bicyclic) bond motifs is 2. The first-order valence-electron chi connectivity index (χ1n) is 12.8. The van der Waals surface area contributed by atoms with Crippen LogP contribution in [0.3, 0.4) is 0 Å². The predicted octanol–water partition coefficient (Wildman–Crippen LogP) is 4.53. The monoisotopic (exact) mass is 572 g/mol. The molecule has 2 aromatic carbocycles. The molecule has 0 radical (unpaired) electrons. The number of halogens is 3. The van der Waals surface area contributed by atoms with Gasteiger partial charge in [-0.05, 0) is 42.1 Å². The quantitative estimate of drug-likeness (QED) is 0.302. The van der Waals surface area contributed by atoms with E-state index in [-0.39, 0.29) is 17.0 Å². The lowest BCUT2D eigenvalue weighted by Gasteiger charge is -2.21. The fourth-order valence-corrected chi connectivity index (χ4v) is 5.02. The highest BCUT2D eigenvalue weighted by Gasteiger charge is 2.29. The second-order valence-corrected chi connectivity index (χ2v) is 9.70. The highest BCUT2D eigenvalue weighted by molar-refractivity contribution is 6.04. The minimum atomic E-state index is -4.44. The number of hydrogen-bond acceptors (Lipinski definition) is 6. The van der Waals surface area contributed by atoms with Gasteiger partial charge in [0.25, 0.3) is 11.5 Å². The van der Waals surface area contributed by atoms with Crippen molar-refractivity contribution >= 4 is 28.1 Å². The number of nitrogen functional groups attached to an aromatic ring is 1. The number of nitrogens with two attached hydrogens (primary N) is 1. The van der Waals surface area contributed by atoms with E-state index in [2.05, 4.69) is 20.5 Å². The van der Waals surface area contributed by atoms with Crippen LogP contribution >= 0.6 is 0 Å². The van der Waals surface area contributed by atoms with Crippen LogP contribution in [0, 0.1) is 0 Å². The standard InChI is InChI=1S/C29H23F3N8O2/c1-17(36-27(41)24-25(33)37-39-12-6-11-34-26(24)39)22-13-18-7-5-10-21(19-14-35-38(15-19)16-29(30,31)32)23(18)28(42)40(22)20-8-3-2-4-9-20/h2-15,17H,16H2,1H3,(H2,33,37)(H,36,41). The van der Waals surface area contributed by atoms with E-state index in [1.165, 1.54) is 27.7 Å². The second kappa shape index (κ2) is 10.2. The molecule has 0 saturated carbocycles. The number of rotatable bonds is 6. The zero-order chi connectivity index (χ0) is 29.6. The van der Waals surface area contributed by atoms with Crippen LogP contribution in [0.1, 0.15) is 29.0 Å². The van der Waals surface area contributed by atoms with Crippen LogP contribution in [0.4, 0.5) is 19.0 Å². The van der Waals surface area contributed by atoms with Gasteiger partial charge in [0.15, 0.2) is 11.5 Å². The van der Waals surface area contributed by atoms with Gasteiger partial charge in [-0.1, -0.05) is 36.4 Å². The average molecular weight is 573 g/mol. The molecule has 6 aromatic rings. The normalized spacial score (nSPS) is 12.6. The average Bonchev–Trinajstić information content (AvgIpc) is 3.55. The number of pyridine rings is 1. The van der Waals surface area contributed by atoms with E-state index < -0.39 is 30.2 Å². The molecule has 1 amide bonds. The van der Waals surface area contributed by atoms with E-state index >= 15 is 0 Å². The van der Waals surface area contributed by atoms with Crippen molar-refractivity contribution in [2.45, 2.75) is 25.7 Å². The number of anilines is 1. The minimum Gasteiger partial charge on any atom is -0.381 e. The van der Waals surface area contributed by atoms with Crippen LogP contribution in [0.2, 0.25) is 0 Å². The molecular weight excluding hydrogens is 549 g/mol. The molecule has 0 aliphatic rings. The Kier molecular flexibility index (Phi) is 6.48. The van der Waals surface area contributed by atoms with Gasteiger partial charge < -0.3 is 11.1 Å². The summed E-state index contributed by atoms with van der Waals surface area (Å²) >= 11 is 0. The van der Waals surface area contributed by atoms with E-state index in [0.29, 0.717) is 33.3 Å². The van der Waals surface area contributed by atoms with Crippen molar-refractivity contribution in [2.24, 2.45) is 0 Å². The molecule has 0 spiro atoms. The number of carbonyl (C=O) groups excluding carboxylic acids is 1. The Morgan fingerprint density at radius 2 is 1.88 bits per heavy atom. The van der Waals surface area contributed by atoms with Gasteiger partial charge in [0, 0.05) is 35.5 Å². The number of carbonyl (C=O) groups is 1. The van der Waals surface area contributed by atoms with Gasteiger partial charge in [0.1, 0.15) is 12.1 Å². The van der Waals surface area contributed by atoms with Crippen LogP contribution in [-0.2, 0) is 6.54 Å². The third-order valence-electron chi connectivity index (χ3n) is 6.82. The van der Waals surface area contributed by atoms with Crippen molar-refractivity contribution in [3.05, 3.63) is 107 Å². The highest BCUT2D eigenvalue weighted by Crippen LogP contribution is 2.30. The maximum Gasteiger partial charge on any atom is 0.408 e. The lowest BCUT2D eigenvalue weighted by molar-refractivity contribution is -0.142. The number of nitrogens with one attached hydrogen (secondary N) is 1. The van der Waals surface area contributed by atoms with Crippen molar-refractivity contribution in [3.8, 4) is 16.8 Å². The maximum absolute atomic E-state index is 14.2. The summed E-state index contributed by atoms with van der Waals surface area (Å²) in [4.78, 5) is 31.8. The summed E-state index contributed by atoms with van der Waals surface area (Å²) in [6.07, 6.45) is 1.27. The molecule has 4 heterocycles. The number of aromatic nitrogens is 6. The molecule has 6 rings (SSSR count). The number of hydrogen-bond donors (Lipinski definition) is 2. The largest absolute Gasteiger partial charge is 0.408 e. The van der Waals surface area contributed by atoms with Crippen LogP contribution in [-0.4, -0.2) is 41.0 Å². The minimum absolute atomic E-state index is 0.00747. The zero-order valence-electron chi connectivity index (χ0n) is 22.1. The van der Waals surface area contributed by atoms with E-state index in [4.69, 9.17) is 5.73 Å². The van der Waals surface area contributed by atoms with E-state index in [1.54, 1.807) is 67.7 Å². The summed E-state index contributed by atoms with van der Waals surface area (Å²) in [7, 11) is 0. The molecule has 1 atom stereocenters. The summed E-state index contributed by atoms with van der Waals surface area (Å²) in [5.74, 6) is -0.514. The van der Waals surface area contributed by atoms with E-state index in [0.717, 1.165) is 4.68 Å². The van der Waals surface area contributed by atoms with Crippen LogP contribution < -0.4 is 16.6 Å². The Balaban J connectivity index is 1.47. The molecule has 0 saturated heterocycles. The van der Waals surface area contributed by atoms with Gasteiger partial charge in [-0.2, -0.15) is 18.3 Å². The summed E-state index contributed by atoms with van der Waals surface area (Å²) in [6, 6.07) is 16.7. The first kappa shape index (κ1) is 26.7. The molecule has 42 heavy (non-hydrogen) atoms. The smallest absolute Gasteiger partial charge is 0.381 e. The maximum atomic E-state index is 14.2. The Bertz CT molecular complexity index is 2010. The van der Waals surface area contributed by atoms with Crippen LogP contribution in [0.15, 0.2) is 90.2 Å². The molecule has 10 nitrogen and oxygen atoms in total. The number of alkyl halides is 3. The lowest BCUT2D eigenvalue weighted by Crippen LogP contribution is -2.32. The van der Waals surface area contributed by atoms with E-state index in [1.807, 2.05) is 6.07 Å². The molecule has 13 heteroatoms. The van der Waals surface area contributed by atoms with Crippen LogP contribution in [0.5, 0.6) is 0 Å². The Morgan fingerprint density at radius 1 is 1.10 bits per heavy atom. The first-order valence-corrected chi connectivity index (χ1v) is 12.8. The Labute approximate surface area is 235 Å². The summed E-state index contributed by atoms with van der Waals surface area (Å²) in [6.45, 7) is 0.485. The van der Waals surface area contributed by atoms with Crippen molar-refractivity contribution in [1.29, 1.82) is 0 Å². The van der Waals surface area contributed by atoms with Gasteiger partial charge in [-0.25, -0.2) is 9.50 Å². The second-order valence-electron chi connectivity index (χ2n) is 9.70. The van der Waals surface area contributed by atoms with Crippen molar-refractivity contribution in [2.75, 3.05) is 5.73 Å². The van der Waals surface area contributed by atoms with Crippen molar-refractivity contribution in [3.63, 3.8) is 0 Å². The SMILES string of the molecule is CC(NC(=O)c1c(N)nn2cccnc12)c1cc2cccc(-c3cnn(CC(F)(F)F)c3)c2c(=O)n1-c1ccccc1. The van der Waals surface area contributed by atoms with Gasteiger partial charge in [-0.15, -0.1) is 5.10 Å². The third kappa shape index (κ3) is 4.85. The third-order valence-corrected chi connectivity index (χ3v) is 6.82. The summed E-state index contributed by atoms with van der Waals surface area (Å²) in [5, 5.41) is 11.7. The molecular formula is C29H23F3N8O2. The van der Waals surface area contributed by atoms with Gasteiger partial charge in [-0.3, -0.25) is 18.8 Å². The van der Waals surface area contributed by atoms with Crippen molar-refractivity contribution in [1.82, 2.24) is 34.3 Å². The molecule has 0 aliphatic heterocycles. The highest BCUT2D eigenvalue weighted by atomic mass is 19.4. The number of benzene rings is 2. The molecule has 0 fully saturated rings. The van der Waals surface area contributed by atoms with Gasteiger partial charge in [0.2, 0.25) is 0 Å². The first-order chi connectivity index (χ1) is 20.1. The van der Waals surface area contributed by atoms with Crippen LogP contribution in [0.25, 0.3) is 33.2 Å². The molecule has 212 valence electrons. The van der Waals surface area contributed by atoms with Crippen molar-refractivity contribution < 1.29 is 18.0 Å². The molecule has 3 N–H and O–H groups in total. The van der Waals surface area contributed by atoms with E-state index in [9.17, 15) is 22.8 Å². The van der Waals surface area contributed by atoms with Gasteiger partial charge >= 0.3 is 6.18 Å². The predicted molar refractivity (Wildman–Crippen MR) is 150 cm³/mol.